The van der Waals surface area contributed by atoms with Crippen molar-refractivity contribution >= 4 is 15.8 Å². The lowest BCUT2D eigenvalue weighted by Crippen LogP contribution is -2.44. The first-order valence-corrected chi connectivity index (χ1v) is 7.37. The van der Waals surface area contributed by atoms with E-state index in [0.717, 1.165) is 26.2 Å². The third-order valence-corrected chi connectivity index (χ3v) is 3.92. The lowest BCUT2D eigenvalue weighted by Gasteiger charge is -2.27. The third kappa shape index (κ3) is 2.73. The average Bonchev–Trinajstić information content (AvgIpc) is 2.28. The number of sulfone groups is 1. The summed E-state index contributed by atoms with van der Waals surface area (Å²) in [4.78, 5) is 10.7. The molecule has 1 aromatic rings. The molecule has 1 N–H and O–H groups in total. The van der Waals surface area contributed by atoms with Gasteiger partial charge in [-0.3, -0.25) is 0 Å². The van der Waals surface area contributed by atoms with Crippen molar-refractivity contribution in [1.82, 2.24) is 15.3 Å². The highest BCUT2D eigenvalue weighted by atomic mass is 32.2. The first-order valence-electron chi connectivity index (χ1n) is 5.48. The Bertz CT molecular complexity index is 509. The molecular weight excluding hydrogens is 240 g/mol. The van der Waals surface area contributed by atoms with Gasteiger partial charge in [-0.25, -0.2) is 18.4 Å². The van der Waals surface area contributed by atoms with Crippen LogP contribution in [0.1, 0.15) is 5.69 Å². The molecule has 0 aliphatic carbocycles. The topological polar surface area (TPSA) is 75.2 Å². The molecule has 94 valence electrons. The molecular formula is C10H16N4O2S. The van der Waals surface area contributed by atoms with Crippen LogP contribution in [0.2, 0.25) is 0 Å². The zero-order valence-corrected chi connectivity index (χ0v) is 10.8. The lowest BCUT2D eigenvalue weighted by atomic mass is 10.4. The normalized spacial score (nSPS) is 17.2. The van der Waals surface area contributed by atoms with Gasteiger partial charge in [-0.1, -0.05) is 0 Å². The Hall–Kier alpha value is -1.21. The molecule has 0 aromatic carbocycles. The number of aromatic nitrogens is 2. The van der Waals surface area contributed by atoms with Gasteiger partial charge in [-0.15, -0.1) is 0 Å². The highest BCUT2D eigenvalue weighted by Crippen LogP contribution is 2.15. The predicted octanol–water partition coefficient (Wildman–Crippen LogP) is -0.402. The van der Waals surface area contributed by atoms with Crippen LogP contribution in [-0.2, 0) is 9.84 Å². The van der Waals surface area contributed by atoms with Gasteiger partial charge in [0.15, 0.2) is 9.84 Å². The zero-order chi connectivity index (χ0) is 12.5. The fraction of sp³-hybridized carbons (Fsp3) is 0.600. The van der Waals surface area contributed by atoms with Crippen LogP contribution in [-0.4, -0.2) is 50.8 Å². The molecule has 1 aliphatic heterocycles. The maximum atomic E-state index is 11.4. The standard InChI is InChI=1S/C10H16N4O2S/c1-8-9(17(2,15)16)7-12-10(13-8)14-5-3-11-4-6-14/h7,11H,3-6H2,1-2H3. The molecule has 0 radical (unpaired) electrons. The molecule has 2 rings (SSSR count). The van der Waals surface area contributed by atoms with Crippen LogP contribution < -0.4 is 10.2 Å². The molecule has 7 heteroatoms. The van der Waals surface area contributed by atoms with E-state index >= 15 is 0 Å². The number of anilines is 1. The minimum Gasteiger partial charge on any atom is -0.338 e. The van der Waals surface area contributed by atoms with Crippen molar-refractivity contribution in [2.24, 2.45) is 0 Å². The number of aryl methyl sites for hydroxylation is 1. The van der Waals surface area contributed by atoms with Crippen molar-refractivity contribution in [3.63, 3.8) is 0 Å². The van der Waals surface area contributed by atoms with Crippen molar-refractivity contribution in [1.29, 1.82) is 0 Å². The molecule has 2 heterocycles. The SMILES string of the molecule is Cc1nc(N2CCNCC2)ncc1S(C)(=O)=O. The number of rotatable bonds is 2. The highest BCUT2D eigenvalue weighted by Gasteiger charge is 2.17. The predicted molar refractivity (Wildman–Crippen MR) is 65.0 cm³/mol. The smallest absolute Gasteiger partial charge is 0.225 e. The van der Waals surface area contributed by atoms with Gasteiger partial charge in [-0.2, -0.15) is 0 Å². The second kappa shape index (κ2) is 4.58. The van der Waals surface area contributed by atoms with Crippen LogP contribution in [0.3, 0.4) is 0 Å². The van der Waals surface area contributed by atoms with E-state index in [1.807, 2.05) is 0 Å². The lowest BCUT2D eigenvalue weighted by molar-refractivity contribution is 0.577. The summed E-state index contributed by atoms with van der Waals surface area (Å²) in [5.41, 5.74) is 0.510. The Kier molecular flexibility index (Phi) is 3.30. The molecule has 1 saturated heterocycles. The van der Waals surface area contributed by atoms with Gasteiger partial charge in [-0.05, 0) is 6.92 Å². The summed E-state index contributed by atoms with van der Waals surface area (Å²) in [5.74, 6) is 0.608. The minimum atomic E-state index is -3.24. The number of nitrogens with zero attached hydrogens (tertiary/aromatic N) is 3. The van der Waals surface area contributed by atoms with E-state index in [9.17, 15) is 8.42 Å². The van der Waals surface area contributed by atoms with Gasteiger partial charge in [0.1, 0.15) is 4.90 Å². The maximum Gasteiger partial charge on any atom is 0.225 e. The second-order valence-electron chi connectivity index (χ2n) is 4.13. The first kappa shape index (κ1) is 12.3. The van der Waals surface area contributed by atoms with Crippen LogP contribution in [0, 0.1) is 6.92 Å². The first-order chi connectivity index (χ1) is 7.98. The zero-order valence-electron chi connectivity index (χ0n) is 9.97. The summed E-state index contributed by atoms with van der Waals surface area (Å²) >= 11 is 0. The van der Waals surface area contributed by atoms with Gasteiger partial charge in [0.2, 0.25) is 5.95 Å². The average molecular weight is 256 g/mol. The molecule has 0 bridgehead atoms. The Morgan fingerprint density at radius 1 is 1.35 bits per heavy atom. The summed E-state index contributed by atoms with van der Waals surface area (Å²) in [7, 11) is -3.24. The molecule has 0 saturated carbocycles. The van der Waals surface area contributed by atoms with E-state index in [4.69, 9.17) is 0 Å². The Labute approximate surface area is 101 Å². The summed E-state index contributed by atoms with van der Waals surface area (Å²) in [6.07, 6.45) is 2.57. The van der Waals surface area contributed by atoms with Gasteiger partial charge >= 0.3 is 0 Å². The molecule has 0 spiro atoms. The molecule has 17 heavy (non-hydrogen) atoms. The van der Waals surface area contributed by atoms with Crippen LogP contribution in [0.25, 0.3) is 0 Å². The number of piperazine rings is 1. The molecule has 0 atom stereocenters. The van der Waals surface area contributed by atoms with Crippen molar-refractivity contribution in [3.8, 4) is 0 Å². The van der Waals surface area contributed by atoms with Crippen molar-refractivity contribution in [2.45, 2.75) is 11.8 Å². The molecule has 0 unspecified atom stereocenters. The molecule has 1 fully saturated rings. The van der Waals surface area contributed by atoms with E-state index in [1.165, 1.54) is 12.5 Å². The van der Waals surface area contributed by atoms with Crippen molar-refractivity contribution in [2.75, 3.05) is 37.3 Å². The van der Waals surface area contributed by atoms with Crippen molar-refractivity contribution in [3.05, 3.63) is 11.9 Å². The summed E-state index contributed by atoms with van der Waals surface area (Å²) < 4.78 is 22.9. The van der Waals surface area contributed by atoms with Crippen LogP contribution >= 0.6 is 0 Å². The molecule has 1 aliphatic rings. The van der Waals surface area contributed by atoms with Gasteiger partial charge in [0.05, 0.1) is 11.9 Å². The Morgan fingerprint density at radius 2 is 2.00 bits per heavy atom. The number of hydrogen-bond donors (Lipinski definition) is 1. The van der Waals surface area contributed by atoms with Crippen LogP contribution in [0.4, 0.5) is 5.95 Å². The maximum absolute atomic E-state index is 11.4. The van der Waals surface area contributed by atoms with Gasteiger partial charge in [0, 0.05) is 32.4 Å². The van der Waals surface area contributed by atoms with Gasteiger partial charge in [0.25, 0.3) is 0 Å². The van der Waals surface area contributed by atoms with E-state index in [-0.39, 0.29) is 4.90 Å². The van der Waals surface area contributed by atoms with Crippen LogP contribution in [0.15, 0.2) is 11.1 Å². The Balaban J connectivity index is 2.30. The minimum absolute atomic E-state index is 0.205. The van der Waals surface area contributed by atoms with E-state index in [0.29, 0.717) is 11.6 Å². The monoisotopic (exact) mass is 256 g/mol. The molecule has 6 nitrogen and oxygen atoms in total. The van der Waals surface area contributed by atoms with E-state index < -0.39 is 9.84 Å². The van der Waals surface area contributed by atoms with E-state index in [2.05, 4.69) is 20.2 Å². The second-order valence-corrected chi connectivity index (χ2v) is 6.11. The van der Waals surface area contributed by atoms with Crippen LogP contribution in [0.5, 0.6) is 0 Å². The van der Waals surface area contributed by atoms with E-state index in [1.54, 1.807) is 6.92 Å². The highest BCUT2D eigenvalue weighted by molar-refractivity contribution is 7.90. The summed E-state index contributed by atoms with van der Waals surface area (Å²) in [6, 6.07) is 0. The number of hydrogen-bond acceptors (Lipinski definition) is 6. The molecule has 0 amide bonds. The number of nitrogens with one attached hydrogen (secondary N) is 1. The Morgan fingerprint density at radius 3 is 2.53 bits per heavy atom. The molecule has 1 aromatic heterocycles. The largest absolute Gasteiger partial charge is 0.338 e. The van der Waals surface area contributed by atoms with Crippen molar-refractivity contribution < 1.29 is 8.42 Å². The summed E-state index contributed by atoms with van der Waals surface area (Å²) in [5, 5.41) is 3.24. The fourth-order valence-electron chi connectivity index (χ4n) is 1.82. The third-order valence-electron chi connectivity index (χ3n) is 2.72. The van der Waals surface area contributed by atoms with Gasteiger partial charge < -0.3 is 10.2 Å². The quantitative estimate of drug-likeness (QED) is 0.776. The summed E-state index contributed by atoms with van der Waals surface area (Å²) in [6.45, 7) is 5.19. The fourth-order valence-corrected chi connectivity index (χ4v) is 2.65.